The molecule has 0 unspecified atom stereocenters. The van der Waals surface area contributed by atoms with E-state index < -0.39 is 11.2 Å². The lowest BCUT2D eigenvalue weighted by Gasteiger charge is -2.09. The number of carbonyl (C=O) groups is 1. The van der Waals surface area contributed by atoms with Gasteiger partial charge in [0.15, 0.2) is 11.2 Å². The van der Waals surface area contributed by atoms with Crippen molar-refractivity contribution in [1.82, 2.24) is 19.1 Å². The standard InChI is InChI=1S/C23H21Cl2N5O3/c1-3-4-10-30-20-18(22(32)28-23(30)33)29(2)19(27-20)13-6-5-7-15(11-13)26-21(31)16-9-8-14(24)12-17(16)25/h5-9,11-12H,3-4,10H2,1-2H3,(H,26,31)(H,28,32,33). The molecule has 0 bridgehead atoms. The quantitative estimate of drug-likeness (QED) is 0.421. The number of aromatic nitrogens is 4. The van der Waals surface area contributed by atoms with Gasteiger partial charge >= 0.3 is 5.69 Å². The summed E-state index contributed by atoms with van der Waals surface area (Å²) < 4.78 is 3.13. The fourth-order valence-corrected chi connectivity index (χ4v) is 4.13. The summed E-state index contributed by atoms with van der Waals surface area (Å²) in [6.45, 7) is 2.48. The van der Waals surface area contributed by atoms with E-state index in [4.69, 9.17) is 23.2 Å². The van der Waals surface area contributed by atoms with Crippen molar-refractivity contribution >= 4 is 46.0 Å². The lowest BCUT2D eigenvalue weighted by molar-refractivity contribution is 0.102. The second kappa shape index (κ2) is 9.25. The molecule has 10 heteroatoms. The van der Waals surface area contributed by atoms with E-state index in [0.29, 0.717) is 45.4 Å². The van der Waals surface area contributed by atoms with E-state index in [1.54, 1.807) is 41.9 Å². The SMILES string of the molecule is CCCCn1c(=O)[nH]c(=O)c2c1nc(-c1cccc(NC(=O)c3ccc(Cl)cc3Cl)c1)n2C. The van der Waals surface area contributed by atoms with Crippen molar-refractivity contribution in [1.29, 1.82) is 0 Å². The van der Waals surface area contributed by atoms with Crippen LogP contribution in [0.5, 0.6) is 0 Å². The molecule has 0 atom stereocenters. The van der Waals surface area contributed by atoms with Crippen LogP contribution in [-0.2, 0) is 13.6 Å². The zero-order chi connectivity index (χ0) is 23.7. The number of anilines is 1. The van der Waals surface area contributed by atoms with Gasteiger partial charge in [-0.05, 0) is 36.8 Å². The number of nitrogens with zero attached hydrogens (tertiary/aromatic N) is 3. The van der Waals surface area contributed by atoms with Crippen LogP contribution in [0.4, 0.5) is 5.69 Å². The summed E-state index contributed by atoms with van der Waals surface area (Å²) in [5, 5.41) is 3.50. The Hall–Kier alpha value is -3.36. The Morgan fingerprint density at radius 1 is 1.15 bits per heavy atom. The Balaban J connectivity index is 1.74. The molecule has 0 fully saturated rings. The summed E-state index contributed by atoms with van der Waals surface area (Å²) in [5.41, 5.74) is 1.15. The number of benzene rings is 2. The fraction of sp³-hybridized carbons (Fsp3) is 0.217. The monoisotopic (exact) mass is 485 g/mol. The molecule has 0 aliphatic heterocycles. The number of halogens is 2. The summed E-state index contributed by atoms with van der Waals surface area (Å²) >= 11 is 12.1. The Morgan fingerprint density at radius 2 is 1.94 bits per heavy atom. The highest BCUT2D eigenvalue weighted by molar-refractivity contribution is 6.37. The minimum Gasteiger partial charge on any atom is -0.322 e. The van der Waals surface area contributed by atoms with E-state index in [-0.39, 0.29) is 10.9 Å². The summed E-state index contributed by atoms with van der Waals surface area (Å²) in [6, 6.07) is 11.7. The fourth-order valence-electron chi connectivity index (χ4n) is 3.64. The average molecular weight is 486 g/mol. The minimum atomic E-state index is -0.495. The van der Waals surface area contributed by atoms with Gasteiger partial charge in [-0.1, -0.05) is 48.7 Å². The van der Waals surface area contributed by atoms with Crippen LogP contribution in [0.2, 0.25) is 10.0 Å². The minimum absolute atomic E-state index is 0.246. The largest absolute Gasteiger partial charge is 0.330 e. The van der Waals surface area contributed by atoms with Gasteiger partial charge in [0.25, 0.3) is 11.5 Å². The molecule has 4 rings (SSSR count). The van der Waals surface area contributed by atoms with E-state index in [0.717, 1.165) is 12.8 Å². The van der Waals surface area contributed by atoms with Gasteiger partial charge in [-0.2, -0.15) is 0 Å². The third-order valence-corrected chi connectivity index (χ3v) is 5.85. The number of aryl methyl sites for hydroxylation is 2. The molecule has 0 aliphatic rings. The summed E-state index contributed by atoms with van der Waals surface area (Å²) in [6.07, 6.45) is 1.67. The first kappa shape index (κ1) is 22.8. The number of amides is 1. The first-order chi connectivity index (χ1) is 15.8. The molecule has 0 radical (unpaired) electrons. The highest BCUT2D eigenvalue weighted by atomic mass is 35.5. The molecule has 0 aliphatic carbocycles. The molecular formula is C23H21Cl2N5O3. The van der Waals surface area contributed by atoms with Crippen molar-refractivity contribution in [2.75, 3.05) is 5.32 Å². The number of imidazole rings is 1. The van der Waals surface area contributed by atoms with Crippen LogP contribution in [0.3, 0.4) is 0 Å². The van der Waals surface area contributed by atoms with Crippen LogP contribution in [0.15, 0.2) is 52.1 Å². The van der Waals surface area contributed by atoms with E-state index in [2.05, 4.69) is 15.3 Å². The van der Waals surface area contributed by atoms with Crippen LogP contribution in [0, 0.1) is 0 Å². The number of rotatable bonds is 6. The smallest absolute Gasteiger partial charge is 0.322 e. The molecule has 0 saturated heterocycles. The van der Waals surface area contributed by atoms with Gasteiger partial charge in [0, 0.05) is 29.9 Å². The molecule has 2 aromatic heterocycles. The summed E-state index contributed by atoms with van der Waals surface area (Å²) in [4.78, 5) is 44.6. The summed E-state index contributed by atoms with van der Waals surface area (Å²) in [7, 11) is 1.72. The van der Waals surface area contributed by atoms with Gasteiger partial charge in [0.2, 0.25) is 0 Å². The van der Waals surface area contributed by atoms with Gasteiger partial charge in [0.05, 0.1) is 10.6 Å². The maximum atomic E-state index is 12.7. The molecule has 8 nitrogen and oxygen atoms in total. The lowest BCUT2D eigenvalue weighted by Crippen LogP contribution is -2.31. The predicted molar refractivity (Wildman–Crippen MR) is 130 cm³/mol. The molecule has 2 aromatic carbocycles. The van der Waals surface area contributed by atoms with Crippen LogP contribution >= 0.6 is 23.2 Å². The Morgan fingerprint density at radius 3 is 2.67 bits per heavy atom. The Bertz CT molecular complexity index is 1490. The number of hydrogen-bond acceptors (Lipinski definition) is 4. The first-order valence-corrected chi connectivity index (χ1v) is 11.1. The van der Waals surface area contributed by atoms with Crippen molar-refractivity contribution < 1.29 is 4.79 Å². The molecule has 33 heavy (non-hydrogen) atoms. The third kappa shape index (κ3) is 4.44. The lowest BCUT2D eigenvalue weighted by atomic mass is 10.1. The number of fused-ring (bicyclic) bond motifs is 1. The normalized spacial score (nSPS) is 11.2. The topological polar surface area (TPSA) is 102 Å². The van der Waals surface area contributed by atoms with Gasteiger partial charge in [-0.3, -0.25) is 19.1 Å². The van der Waals surface area contributed by atoms with Crippen molar-refractivity contribution in [2.45, 2.75) is 26.3 Å². The molecule has 1 amide bonds. The number of hydrogen-bond donors (Lipinski definition) is 2. The van der Waals surface area contributed by atoms with Crippen LogP contribution in [-0.4, -0.2) is 25.0 Å². The molecular weight excluding hydrogens is 465 g/mol. The van der Waals surface area contributed by atoms with Crippen LogP contribution < -0.4 is 16.6 Å². The van der Waals surface area contributed by atoms with Crippen LogP contribution in [0.25, 0.3) is 22.6 Å². The number of H-pyrrole nitrogens is 1. The zero-order valence-corrected chi connectivity index (χ0v) is 19.5. The van der Waals surface area contributed by atoms with Crippen molar-refractivity contribution in [3.05, 3.63) is 78.9 Å². The molecule has 2 N–H and O–H groups in total. The highest BCUT2D eigenvalue weighted by Crippen LogP contribution is 2.26. The zero-order valence-electron chi connectivity index (χ0n) is 18.0. The van der Waals surface area contributed by atoms with Crippen molar-refractivity contribution in [3.63, 3.8) is 0 Å². The second-order valence-corrected chi connectivity index (χ2v) is 8.43. The van der Waals surface area contributed by atoms with Crippen molar-refractivity contribution in [3.8, 4) is 11.4 Å². The molecule has 170 valence electrons. The number of unbranched alkanes of at least 4 members (excludes halogenated alkanes) is 1. The average Bonchev–Trinajstić information content (AvgIpc) is 3.11. The molecule has 4 aromatic rings. The van der Waals surface area contributed by atoms with Crippen molar-refractivity contribution in [2.24, 2.45) is 7.05 Å². The van der Waals surface area contributed by atoms with Gasteiger partial charge in [-0.15, -0.1) is 0 Å². The van der Waals surface area contributed by atoms with Gasteiger partial charge < -0.3 is 9.88 Å². The van der Waals surface area contributed by atoms with Gasteiger partial charge in [-0.25, -0.2) is 9.78 Å². The second-order valence-electron chi connectivity index (χ2n) is 7.59. The number of carbonyl (C=O) groups excluding carboxylic acids is 1. The van der Waals surface area contributed by atoms with Crippen LogP contribution in [0.1, 0.15) is 30.1 Å². The van der Waals surface area contributed by atoms with Gasteiger partial charge in [0.1, 0.15) is 5.82 Å². The summed E-state index contributed by atoms with van der Waals surface area (Å²) in [5.74, 6) is 0.107. The number of aromatic amines is 1. The van der Waals surface area contributed by atoms with E-state index in [1.807, 2.05) is 13.0 Å². The van der Waals surface area contributed by atoms with E-state index in [1.165, 1.54) is 10.6 Å². The van der Waals surface area contributed by atoms with E-state index >= 15 is 0 Å². The molecule has 2 heterocycles. The highest BCUT2D eigenvalue weighted by Gasteiger charge is 2.18. The Kier molecular flexibility index (Phi) is 6.40. The third-order valence-electron chi connectivity index (χ3n) is 5.30. The predicted octanol–water partition coefficient (Wildman–Crippen LogP) is 4.45. The Labute approximate surface area is 198 Å². The molecule has 0 spiro atoms. The maximum Gasteiger partial charge on any atom is 0.330 e. The first-order valence-electron chi connectivity index (χ1n) is 10.4. The van der Waals surface area contributed by atoms with E-state index in [9.17, 15) is 14.4 Å². The number of nitrogens with one attached hydrogen (secondary N) is 2. The maximum absolute atomic E-state index is 12.7. The molecule has 0 saturated carbocycles.